The molecule has 6 aromatic carbocycles. The fraction of sp³-hybridized carbons (Fsp3) is 0.182. The first-order valence-corrected chi connectivity index (χ1v) is 16.9. The molecule has 0 radical (unpaired) electrons. The van der Waals surface area contributed by atoms with Crippen LogP contribution >= 0.6 is 0 Å². The van der Waals surface area contributed by atoms with E-state index in [2.05, 4.69) is 159 Å². The Morgan fingerprint density at radius 3 is 0.681 bits per heavy atom. The molecule has 0 aliphatic carbocycles. The van der Waals surface area contributed by atoms with Crippen molar-refractivity contribution in [1.29, 1.82) is 0 Å². The number of nitrogens with zero attached hydrogens (tertiary/aromatic N) is 2. The van der Waals surface area contributed by atoms with Crippen LogP contribution in [0.5, 0.6) is 11.5 Å². The topological polar surface area (TPSA) is 15.7 Å². The number of rotatable bonds is 12. The lowest BCUT2D eigenvalue weighted by molar-refractivity contribution is 0.483. The molecule has 0 unspecified atom stereocenters. The van der Waals surface area contributed by atoms with Gasteiger partial charge in [0, 0.05) is 34.1 Å². The highest BCUT2D eigenvalue weighted by Gasteiger charge is 2.15. The van der Waals surface area contributed by atoms with Gasteiger partial charge in [0.15, 0.2) is 0 Å². The largest absolute Gasteiger partial charge is 0.457 e. The molecule has 6 aromatic rings. The second kappa shape index (κ2) is 14.9. The molecule has 0 bridgehead atoms. The third-order valence-electron chi connectivity index (χ3n) is 8.84. The highest BCUT2D eigenvalue weighted by molar-refractivity contribution is 5.78. The van der Waals surface area contributed by atoms with Crippen LogP contribution in [0.3, 0.4) is 0 Å². The lowest BCUT2D eigenvalue weighted by Crippen LogP contribution is -2.10. The van der Waals surface area contributed by atoms with Gasteiger partial charge in [0.05, 0.1) is 0 Å². The molecule has 0 saturated heterocycles. The quantitative estimate of drug-likeness (QED) is 0.136. The van der Waals surface area contributed by atoms with Gasteiger partial charge in [-0.15, -0.1) is 0 Å². The van der Waals surface area contributed by atoms with Gasteiger partial charge in [-0.3, -0.25) is 0 Å². The smallest absolute Gasteiger partial charge is 0.127 e. The van der Waals surface area contributed by atoms with E-state index >= 15 is 0 Å². The van der Waals surface area contributed by atoms with Crippen LogP contribution < -0.4 is 14.5 Å². The van der Waals surface area contributed by atoms with Gasteiger partial charge in [0.25, 0.3) is 0 Å². The third kappa shape index (κ3) is 7.42. The Balaban J connectivity index is 1.24. The van der Waals surface area contributed by atoms with Crippen LogP contribution in [0.25, 0.3) is 0 Å². The summed E-state index contributed by atoms with van der Waals surface area (Å²) in [5.41, 5.74) is 12.0. The first-order valence-electron chi connectivity index (χ1n) is 16.9. The lowest BCUT2D eigenvalue weighted by Gasteiger charge is -2.26. The summed E-state index contributed by atoms with van der Waals surface area (Å²) in [6, 6.07) is 52.1. The highest BCUT2D eigenvalue weighted by Crippen LogP contribution is 2.38. The van der Waals surface area contributed by atoms with Crippen molar-refractivity contribution >= 4 is 34.1 Å². The van der Waals surface area contributed by atoms with E-state index in [4.69, 9.17) is 4.74 Å². The van der Waals surface area contributed by atoms with Crippen molar-refractivity contribution in [2.24, 2.45) is 0 Å². The number of ether oxygens (including phenoxy) is 1. The summed E-state index contributed by atoms with van der Waals surface area (Å²) in [4.78, 5) is 4.60. The van der Waals surface area contributed by atoms with E-state index in [-0.39, 0.29) is 0 Å². The summed E-state index contributed by atoms with van der Waals surface area (Å²) in [7, 11) is 0. The maximum atomic E-state index is 6.35. The fourth-order valence-corrected chi connectivity index (χ4v) is 5.88. The van der Waals surface area contributed by atoms with Crippen LogP contribution in [0, 0.1) is 0 Å². The first kappa shape index (κ1) is 31.7. The molecule has 0 heterocycles. The molecule has 0 fully saturated rings. The van der Waals surface area contributed by atoms with Crippen molar-refractivity contribution in [3.63, 3.8) is 0 Å². The van der Waals surface area contributed by atoms with Crippen molar-refractivity contribution < 1.29 is 4.74 Å². The molecule has 3 heteroatoms. The predicted octanol–water partition coefficient (Wildman–Crippen LogP) is 12.7. The van der Waals surface area contributed by atoms with Gasteiger partial charge < -0.3 is 14.5 Å². The van der Waals surface area contributed by atoms with Crippen molar-refractivity contribution in [2.75, 3.05) is 9.80 Å². The molecule has 0 amide bonds. The molecule has 0 saturated carbocycles. The molecule has 0 N–H and O–H groups in total. The zero-order valence-corrected chi connectivity index (χ0v) is 28.0. The Morgan fingerprint density at radius 1 is 0.298 bits per heavy atom. The maximum absolute atomic E-state index is 6.35. The SMILES string of the molecule is CCc1ccc(N(c2ccc(CC)cc2)c2ccc(Oc3ccc(N(c4ccc(CC)cc4)c4ccc(CC)cc4)cc3)cc2)cc1. The number of anilines is 6. The van der Waals surface area contributed by atoms with Crippen LogP contribution in [0.15, 0.2) is 146 Å². The van der Waals surface area contributed by atoms with Gasteiger partial charge in [-0.1, -0.05) is 76.2 Å². The zero-order chi connectivity index (χ0) is 32.6. The summed E-state index contributed by atoms with van der Waals surface area (Å²) in [6.45, 7) is 8.76. The van der Waals surface area contributed by atoms with Gasteiger partial charge in [-0.25, -0.2) is 0 Å². The van der Waals surface area contributed by atoms with Crippen molar-refractivity contribution in [3.05, 3.63) is 168 Å². The van der Waals surface area contributed by atoms with E-state index < -0.39 is 0 Å². The van der Waals surface area contributed by atoms with Gasteiger partial charge in [0.2, 0.25) is 0 Å². The molecule has 0 spiro atoms. The average molecular weight is 617 g/mol. The zero-order valence-electron chi connectivity index (χ0n) is 28.0. The van der Waals surface area contributed by atoms with E-state index in [9.17, 15) is 0 Å². The predicted molar refractivity (Wildman–Crippen MR) is 200 cm³/mol. The summed E-state index contributed by atoms with van der Waals surface area (Å²) < 4.78 is 6.35. The van der Waals surface area contributed by atoms with Crippen molar-refractivity contribution in [3.8, 4) is 11.5 Å². The molecule has 3 nitrogen and oxygen atoms in total. The van der Waals surface area contributed by atoms with Crippen LogP contribution in [0.2, 0.25) is 0 Å². The number of hydrogen-bond donors (Lipinski definition) is 0. The van der Waals surface area contributed by atoms with E-state index in [0.29, 0.717) is 0 Å². The molecular weight excluding hydrogens is 572 g/mol. The molecule has 0 aliphatic heterocycles. The number of hydrogen-bond acceptors (Lipinski definition) is 3. The monoisotopic (exact) mass is 616 g/mol. The minimum Gasteiger partial charge on any atom is -0.457 e. The molecular formula is C44H44N2O. The van der Waals surface area contributed by atoms with Crippen LogP contribution in [-0.4, -0.2) is 0 Å². The molecule has 0 aromatic heterocycles. The van der Waals surface area contributed by atoms with E-state index in [1.807, 2.05) is 24.3 Å². The second-order valence-electron chi connectivity index (χ2n) is 11.8. The molecule has 0 aliphatic rings. The van der Waals surface area contributed by atoms with Crippen LogP contribution in [-0.2, 0) is 25.7 Å². The van der Waals surface area contributed by atoms with E-state index in [0.717, 1.165) is 71.3 Å². The second-order valence-corrected chi connectivity index (χ2v) is 11.8. The maximum Gasteiger partial charge on any atom is 0.127 e. The summed E-state index contributed by atoms with van der Waals surface area (Å²) in [5.74, 6) is 1.59. The van der Waals surface area contributed by atoms with Gasteiger partial charge in [-0.05, 0) is 145 Å². The fourth-order valence-electron chi connectivity index (χ4n) is 5.88. The minimum atomic E-state index is 0.797. The highest BCUT2D eigenvalue weighted by atomic mass is 16.5. The average Bonchev–Trinajstić information content (AvgIpc) is 3.14. The Labute approximate surface area is 280 Å². The van der Waals surface area contributed by atoms with Crippen LogP contribution in [0.4, 0.5) is 34.1 Å². The van der Waals surface area contributed by atoms with Gasteiger partial charge in [-0.2, -0.15) is 0 Å². The van der Waals surface area contributed by atoms with E-state index in [1.165, 1.54) is 22.3 Å². The number of aryl methyl sites for hydroxylation is 4. The molecule has 6 rings (SSSR count). The van der Waals surface area contributed by atoms with E-state index in [1.54, 1.807) is 0 Å². The van der Waals surface area contributed by atoms with Gasteiger partial charge in [0.1, 0.15) is 11.5 Å². The van der Waals surface area contributed by atoms with Crippen LogP contribution in [0.1, 0.15) is 49.9 Å². The molecule has 0 atom stereocenters. The normalized spacial score (nSPS) is 10.9. The summed E-state index contributed by atoms with van der Waals surface area (Å²) in [5, 5.41) is 0. The minimum absolute atomic E-state index is 0.797. The Morgan fingerprint density at radius 2 is 0.489 bits per heavy atom. The molecule has 236 valence electrons. The molecule has 47 heavy (non-hydrogen) atoms. The third-order valence-corrected chi connectivity index (χ3v) is 8.84. The Hall–Kier alpha value is -5.28. The van der Waals surface area contributed by atoms with Crippen molar-refractivity contribution in [2.45, 2.75) is 53.4 Å². The Bertz CT molecular complexity index is 1610. The first-order chi connectivity index (χ1) is 23.1. The summed E-state index contributed by atoms with van der Waals surface area (Å²) >= 11 is 0. The lowest BCUT2D eigenvalue weighted by atomic mass is 10.1. The number of benzene rings is 6. The van der Waals surface area contributed by atoms with Gasteiger partial charge >= 0.3 is 0 Å². The standard InChI is InChI=1S/C44H44N2O/c1-5-33-9-17-37(18-10-33)45(38-19-11-34(6-2)12-20-38)41-25-29-43(30-26-41)47-44-31-27-42(28-32-44)46(39-21-13-35(7-3)14-22-39)40-23-15-36(8-4)16-24-40/h9-32H,5-8H2,1-4H3. The van der Waals surface area contributed by atoms with Crippen molar-refractivity contribution in [1.82, 2.24) is 0 Å². The summed E-state index contributed by atoms with van der Waals surface area (Å²) in [6.07, 6.45) is 4.09. The Kier molecular flexibility index (Phi) is 10.0.